The largest absolute Gasteiger partial charge is 0.326 e. The molecule has 1 aliphatic rings. The molecule has 4 N–H and O–H groups in total. The van der Waals surface area contributed by atoms with E-state index in [1.807, 2.05) is 31.2 Å². The van der Waals surface area contributed by atoms with Crippen molar-refractivity contribution in [1.82, 2.24) is 9.97 Å². The van der Waals surface area contributed by atoms with Crippen LogP contribution < -0.4 is 21.5 Å². The third-order valence-corrected chi connectivity index (χ3v) is 5.61. The van der Waals surface area contributed by atoms with Crippen LogP contribution in [0.4, 0.5) is 23.1 Å². The number of benzene rings is 2. The smallest absolute Gasteiger partial charge is 0.258 e. The lowest BCUT2D eigenvalue weighted by Gasteiger charge is -2.24. The second kappa shape index (κ2) is 8.41. The number of halogens is 2. The topological polar surface area (TPSA) is 116 Å². The van der Waals surface area contributed by atoms with Crippen LogP contribution in [0, 0.1) is 6.92 Å². The lowest BCUT2D eigenvalue weighted by atomic mass is 9.92. The van der Waals surface area contributed by atoms with Gasteiger partial charge in [0.2, 0.25) is 17.8 Å². The van der Waals surface area contributed by atoms with Crippen molar-refractivity contribution in [2.45, 2.75) is 19.3 Å². The number of nitrogens with zero attached hydrogens (tertiary/aromatic N) is 1. The number of carbonyl (C=O) groups excluding carboxylic acids is 2. The first-order valence-electron chi connectivity index (χ1n) is 9.34. The number of hydrogen-bond donors (Lipinski definition) is 4. The average molecular weight is 458 g/mol. The quantitative estimate of drug-likeness (QED) is 0.468. The van der Waals surface area contributed by atoms with Crippen LogP contribution in [0.3, 0.4) is 0 Å². The third-order valence-electron chi connectivity index (χ3n) is 4.79. The predicted molar refractivity (Wildman–Crippen MR) is 120 cm³/mol. The summed E-state index contributed by atoms with van der Waals surface area (Å²) < 4.78 is 0. The number of aryl methyl sites for hydroxylation is 1. The first-order chi connectivity index (χ1) is 14.8. The molecule has 1 aliphatic heterocycles. The summed E-state index contributed by atoms with van der Waals surface area (Å²) in [7, 11) is 0. The Bertz CT molecular complexity index is 1240. The molecule has 0 radical (unpaired) electrons. The van der Waals surface area contributed by atoms with Gasteiger partial charge < -0.3 is 16.0 Å². The maximum Gasteiger partial charge on any atom is 0.258 e. The zero-order valence-corrected chi connectivity index (χ0v) is 17.8. The number of aromatic nitrogens is 2. The number of hydrogen-bond acceptors (Lipinski definition) is 5. The van der Waals surface area contributed by atoms with E-state index >= 15 is 0 Å². The second-order valence-corrected chi connectivity index (χ2v) is 7.85. The molecule has 0 saturated carbocycles. The SMILES string of the molecule is Cc1ccc(Nc2nc3c(c(=O)[nH]2)[C@@H](C(=O)Nc2cccc(Cl)c2Cl)CC(=O)N3)cc1. The van der Waals surface area contributed by atoms with Crippen molar-refractivity contribution in [3.63, 3.8) is 0 Å². The van der Waals surface area contributed by atoms with E-state index < -0.39 is 23.3 Å². The van der Waals surface area contributed by atoms with Crippen molar-refractivity contribution in [1.29, 1.82) is 0 Å². The van der Waals surface area contributed by atoms with E-state index in [1.54, 1.807) is 18.2 Å². The zero-order chi connectivity index (χ0) is 22.1. The molecule has 2 aromatic carbocycles. The Morgan fingerprint density at radius 2 is 1.87 bits per heavy atom. The summed E-state index contributed by atoms with van der Waals surface area (Å²) in [6.45, 7) is 1.96. The van der Waals surface area contributed by atoms with Crippen molar-refractivity contribution in [3.8, 4) is 0 Å². The molecule has 4 rings (SSSR count). The Balaban J connectivity index is 1.65. The molecular weight excluding hydrogens is 441 g/mol. The maximum absolute atomic E-state index is 12.9. The highest BCUT2D eigenvalue weighted by atomic mass is 35.5. The van der Waals surface area contributed by atoms with Crippen molar-refractivity contribution in [2.75, 3.05) is 16.0 Å². The lowest BCUT2D eigenvalue weighted by molar-refractivity contribution is -0.123. The van der Waals surface area contributed by atoms with Gasteiger partial charge in [0.15, 0.2) is 0 Å². The Hall–Kier alpha value is -3.36. The summed E-state index contributed by atoms with van der Waals surface area (Å²) in [6, 6.07) is 12.3. The molecule has 1 aromatic heterocycles. The number of H-pyrrole nitrogens is 1. The number of amides is 2. The number of carbonyl (C=O) groups is 2. The molecule has 0 fully saturated rings. The van der Waals surface area contributed by atoms with Gasteiger partial charge in [-0.2, -0.15) is 4.98 Å². The Kier molecular flexibility index (Phi) is 5.67. The molecular formula is C21H17Cl2N5O3. The number of rotatable bonds is 4. The van der Waals surface area contributed by atoms with Crippen LogP contribution in [-0.2, 0) is 9.59 Å². The van der Waals surface area contributed by atoms with E-state index in [9.17, 15) is 14.4 Å². The average Bonchev–Trinajstić information content (AvgIpc) is 2.72. The molecule has 2 amide bonds. The minimum absolute atomic E-state index is 0.0342. The molecule has 3 aromatic rings. The summed E-state index contributed by atoms with van der Waals surface area (Å²) in [4.78, 5) is 44.9. The fraction of sp³-hybridized carbons (Fsp3) is 0.143. The number of fused-ring (bicyclic) bond motifs is 1. The van der Waals surface area contributed by atoms with Gasteiger partial charge in [0, 0.05) is 12.1 Å². The van der Waals surface area contributed by atoms with Crippen LogP contribution in [-0.4, -0.2) is 21.8 Å². The van der Waals surface area contributed by atoms with E-state index in [-0.39, 0.29) is 39.5 Å². The fourth-order valence-corrected chi connectivity index (χ4v) is 3.60. The molecule has 1 atom stereocenters. The molecule has 158 valence electrons. The van der Waals surface area contributed by atoms with Crippen LogP contribution in [0.1, 0.15) is 23.5 Å². The van der Waals surface area contributed by atoms with E-state index in [0.29, 0.717) is 5.69 Å². The van der Waals surface area contributed by atoms with Crippen LogP contribution in [0.25, 0.3) is 0 Å². The van der Waals surface area contributed by atoms with Crippen LogP contribution in [0.5, 0.6) is 0 Å². The van der Waals surface area contributed by atoms with E-state index in [0.717, 1.165) is 5.56 Å². The molecule has 0 unspecified atom stereocenters. The van der Waals surface area contributed by atoms with E-state index in [1.165, 1.54) is 0 Å². The molecule has 0 bridgehead atoms. The van der Waals surface area contributed by atoms with Crippen LogP contribution >= 0.6 is 23.2 Å². The predicted octanol–water partition coefficient (Wildman–Crippen LogP) is 4.19. The number of anilines is 4. The van der Waals surface area contributed by atoms with Gasteiger partial charge in [-0.05, 0) is 31.2 Å². The third kappa shape index (κ3) is 4.40. The summed E-state index contributed by atoms with van der Waals surface area (Å²) in [5, 5.41) is 8.63. The van der Waals surface area contributed by atoms with Gasteiger partial charge in [-0.15, -0.1) is 0 Å². The molecule has 10 heteroatoms. The molecule has 2 heterocycles. The summed E-state index contributed by atoms with van der Waals surface area (Å²) in [5.74, 6) is -1.85. The summed E-state index contributed by atoms with van der Waals surface area (Å²) in [5.41, 5.74) is 1.62. The fourth-order valence-electron chi connectivity index (χ4n) is 3.25. The molecule has 0 saturated heterocycles. The second-order valence-electron chi connectivity index (χ2n) is 7.06. The van der Waals surface area contributed by atoms with Gasteiger partial charge in [-0.3, -0.25) is 19.4 Å². The van der Waals surface area contributed by atoms with E-state index in [2.05, 4.69) is 25.9 Å². The highest BCUT2D eigenvalue weighted by Gasteiger charge is 2.35. The van der Waals surface area contributed by atoms with Gasteiger partial charge in [-0.25, -0.2) is 0 Å². The lowest BCUT2D eigenvalue weighted by Crippen LogP contribution is -2.36. The number of aromatic amines is 1. The molecule has 0 aliphatic carbocycles. The standard InChI is InChI=1S/C21H17Cl2N5O3/c1-10-5-7-11(8-6-10)24-21-27-18-16(20(31)28-21)12(9-15(29)26-18)19(30)25-14-4-2-3-13(22)17(14)23/h2-8,12H,9H2,1H3,(H,25,30)(H3,24,26,27,28,29,31)/t12-/m0/s1. The minimum atomic E-state index is -1.04. The van der Waals surface area contributed by atoms with Gasteiger partial charge in [-0.1, -0.05) is 47.0 Å². The zero-order valence-electron chi connectivity index (χ0n) is 16.3. The van der Waals surface area contributed by atoms with Crippen molar-refractivity contribution in [3.05, 3.63) is 74.0 Å². The molecule has 0 spiro atoms. The minimum Gasteiger partial charge on any atom is -0.326 e. The van der Waals surface area contributed by atoms with Gasteiger partial charge in [0.25, 0.3) is 5.56 Å². The molecule has 31 heavy (non-hydrogen) atoms. The first kappa shape index (κ1) is 20.9. The van der Waals surface area contributed by atoms with Crippen molar-refractivity contribution < 1.29 is 9.59 Å². The Labute approximate surface area is 187 Å². The van der Waals surface area contributed by atoms with Gasteiger partial charge >= 0.3 is 0 Å². The van der Waals surface area contributed by atoms with Gasteiger partial charge in [0.1, 0.15) is 5.82 Å². The van der Waals surface area contributed by atoms with Crippen LogP contribution in [0.2, 0.25) is 10.0 Å². The summed E-state index contributed by atoms with van der Waals surface area (Å²) >= 11 is 12.1. The van der Waals surface area contributed by atoms with Crippen molar-refractivity contribution in [2.24, 2.45) is 0 Å². The van der Waals surface area contributed by atoms with E-state index in [4.69, 9.17) is 23.2 Å². The Morgan fingerprint density at radius 1 is 1.13 bits per heavy atom. The number of nitrogens with one attached hydrogen (secondary N) is 4. The molecule has 8 nitrogen and oxygen atoms in total. The monoisotopic (exact) mass is 457 g/mol. The highest BCUT2D eigenvalue weighted by Crippen LogP contribution is 2.33. The first-order valence-corrected chi connectivity index (χ1v) is 10.1. The highest BCUT2D eigenvalue weighted by molar-refractivity contribution is 6.44. The van der Waals surface area contributed by atoms with Crippen molar-refractivity contribution >= 4 is 58.2 Å². The summed E-state index contributed by atoms with van der Waals surface area (Å²) in [6.07, 6.45) is -0.202. The Morgan fingerprint density at radius 3 is 2.61 bits per heavy atom. The normalized spacial score (nSPS) is 15.1. The maximum atomic E-state index is 12.9. The van der Waals surface area contributed by atoms with Crippen LogP contribution in [0.15, 0.2) is 47.3 Å². The van der Waals surface area contributed by atoms with Gasteiger partial charge in [0.05, 0.1) is 27.2 Å².